The lowest BCUT2D eigenvalue weighted by Crippen LogP contribution is -2.35. The molecule has 1 rings (SSSR count). The number of aromatic nitrogens is 1. The van der Waals surface area contributed by atoms with E-state index >= 15 is 0 Å². The second-order valence-corrected chi connectivity index (χ2v) is 3.99. The van der Waals surface area contributed by atoms with E-state index in [1.54, 1.807) is 0 Å². The van der Waals surface area contributed by atoms with Gasteiger partial charge in [-0.25, -0.2) is 4.79 Å². The van der Waals surface area contributed by atoms with Crippen molar-refractivity contribution in [1.29, 1.82) is 0 Å². The van der Waals surface area contributed by atoms with E-state index in [1.807, 2.05) is 13.8 Å². The van der Waals surface area contributed by atoms with Crippen molar-refractivity contribution in [2.24, 2.45) is 0 Å². The molecule has 1 heterocycles. The van der Waals surface area contributed by atoms with E-state index in [9.17, 15) is 9.59 Å². The lowest BCUT2D eigenvalue weighted by atomic mass is 10.2. The van der Waals surface area contributed by atoms with Crippen LogP contribution in [0.5, 0.6) is 0 Å². The molecule has 0 atom stereocenters. The van der Waals surface area contributed by atoms with Gasteiger partial charge < -0.3 is 15.3 Å². The van der Waals surface area contributed by atoms with E-state index in [0.717, 1.165) is 19.6 Å². The van der Waals surface area contributed by atoms with Gasteiger partial charge in [-0.2, -0.15) is 0 Å². The summed E-state index contributed by atoms with van der Waals surface area (Å²) in [5, 5.41) is 11.7. The third-order valence-corrected chi connectivity index (χ3v) is 2.86. The van der Waals surface area contributed by atoms with Gasteiger partial charge in [-0.3, -0.25) is 9.78 Å². The highest BCUT2D eigenvalue weighted by Crippen LogP contribution is 2.04. The minimum Gasteiger partial charge on any atom is -0.478 e. The molecule has 0 aliphatic carbocycles. The van der Waals surface area contributed by atoms with Crippen molar-refractivity contribution < 1.29 is 14.7 Å². The molecule has 0 spiro atoms. The van der Waals surface area contributed by atoms with Crippen LogP contribution >= 0.6 is 0 Å². The summed E-state index contributed by atoms with van der Waals surface area (Å²) in [6, 6.07) is 2.87. The smallest absolute Gasteiger partial charge is 0.338 e. The molecule has 0 aliphatic rings. The monoisotopic (exact) mass is 265 g/mol. The van der Waals surface area contributed by atoms with Crippen molar-refractivity contribution in [3.05, 3.63) is 29.6 Å². The molecule has 0 unspecified atom stereocenters. The zero-order valence-corrected chi connectivity index (χ0v) is 11.2. The minimum absolute atomic E-state index is 0.0467. The van der Waals surface area contributed by atoms with Crippen LogP contribution in [0, 0.1) is 0 Å². The van der Waals surface area contributed by atoms with Crippen LogP contribution in [0.15, 0.2) is 18.3 Å². The Morgan fingerprint density at radius 1 is 1.37 bits per heavy atom. The van der Waals surface area contributed by atoms with E-state index in [-0.39, 0.29) is 11.3 Å². The SMILES string of the molecule is CCN(CC)CCNC(=O)c1ncccc1C(=O)O. The highest BCUT2D eigenvalue weighted by molar-refractivity contribution is 6.03. The fraction of sp³-hybridized carbons (Fsp3) is 0.462. The predicted molar refractivity (Wildman–Crippen MR) is 71.3 cm³/mol. The van der Waals surface area contributed by atoms with Gasteiger partial charge in [0.05, 0.1) is 5.56 Å². The van der Waals surface area contributed by atoms with Gasteiger partial charge in [0.25, 0.3) is 5.91 Å². The number of amides is 1. The van der Waals surface area contributed by atoms with Gasteiger partial charge >= 0.3 is 5.97 Å². The Balaban J connectivity index is 2.61. The van der Waals surface area contributed by atoms with Gasteiger partial charge in [-0.1, -0.05) is 13.8 Å². The standard InChI is InChI=1S/C13H19N3O3/c1-3-16(4-2)9-8-15-12(17)11-10(13(18)19)6-5-7-14-11/h5-7H,3-4,8-9H2,1-2H3,(H,15,17)(H,18,19). The van der Waals surface area contributed by atoms with Gasteiger partial charge in [0.15, 0.2) is 0 Å². The maximum atomic E-state index is 11.9. The van der Waals surface area contributed by atoms with Crippen LogP contribution in [-0.2, 0) is 0 Å². The second-order valence-electron chi connectivity index (χ2n) is 3.99. The first-order valence-electron chi connectivity index (χ1n) is 6.29. The normalized spacial score (nSPS) is 10.5. The van der Waals surface area contributed by atoms with Crippen LogP contribution in [0.1, 0.15) is 34.7 Å². The summed E-state index contributed by atoms with van der Waals surface area (Å²) in [6.45, 7) is 7.12. The second kappa shape index (κ2) is 7.48. The predicted octanol–water partition coefficient (Wildman–Crippen LogP) is 0.851. The van der Waals surface area contributed by atoms with Crippen molar-refractivity contribution in [3.8, 4) is 0 Å². The number of carboxylic acid groups (broad SMARTS) is 1. The van der Waals surface area contributed by atoms with Gasteiger partial charge in [-0.15, -0.1) is 0 Å². The largest absolute Gasteiger partial charge is 0.478 e. The summed E-state index contributed by atoms with van der Waals surface area (Å²) in [7, 11) is 0. The third-order valence-electron chi connectivity index (χ3n) is 2.86. The summed E-state index contributed by atoms with van der Waals surface area (Å²) in [5.74, 6) is -1.60. The van der Waals surface area contributed by atoms with Crippen LogP contribution in [0.4, 0.5) is 0 Å². The summed E-state index contributed by atoms with van der Waals surface area (Å²) < 4.78 is 0. The van der Waals surface area contributed by atoms with E-state index in [0.29, 0.717) is 6.54 Å². The van der Waals surface area contributed by atoms with Crippen LogP contribution in [0.25, 0.3) is 0 Å². The quantitative estimate of drug-likeness (QED) is 0.763. The molecule has 0 aliphatic heterocycles. The summed E-state index contributed by atoms with van der Waals surface area (Å²) in [4.78, 5) is 28.8. The Labute approximate surface area is 112 Å². The third kappa shape index (κ3) is 4.33. The van der Waals surface area contributed by atoms with Gasteiger partial charge in [-0.05, 0) is 25.2 Å². The first kappa shape index (κ1) is 15.1. The van der Waals surface area contributed by atoms with E-state index in [4.69, 9.17) is 5.11 Å². The average Bonchev–Trinajstić information content (AvgIpc) is 2.43. The molecule has 6 heteroatoms. The lowest BCUT2D eigenvalue weighted by molar-refractivity contribution is 0.0690. The minimum atomic E-state index is -1.15. The van der Waals surface area contributed by atoms with E-state index in [2.05, 4.69) is 15.2 Å². The Bertz CT molecular complexity index is 445. The molecule has 1 aromatic rings. The van der Waals surface area contributed by atoms with E-state index < -0.39 is 11.9 Å². The number of hydrogen-bond donors (Lipinski definition) is 2. The van der Waals surface area contributed by atoms with Crippen LogP contribution in [0.3, 0.4) is 0 Å². The molecule has 0 bridgehead atoms. The molecule has 0 aromatic carbocycles. The van der Waals surface area contributed by atoms with E-state index in [1.165, 1.54) is 18.3 Å². The molecule has 0 saturated carbocycles. The Kier molecular flexibility index (Phi) is 5.95. The van der Waals surface area contributed by atoms with Gasteiger partial charge in [0.2, 0.25) is 0 Å². The number of rotatable bonds is 7. The van der Waals surface area contributed by atoms with Gasteiger partial charge in [0, 0.05) is 19.3 Å². The van der Waals surface area contributed by atoms with Crippen LogP contribution < -0.4 is 5.32 Å². The first-order valence-corrected chi connectivity index (χ1v) is 6.29. The highest BCUT2D eigenvalue weighted by atomic mass is 16.4. The Morgan fingerprint density at radius 3 is 2.63 bits per heavy atom. The van der Waals surface area contributed by atoms with Crippen LogP contribution in [0.2, 0.25) is 0 Å². The maximum absolute atomic E-state index is 11.9. The number of nitrogens with one attached hydrogen (secondary N) is 1. The van der Waals surface area contributed by atoms with Crippen molar-refractivity contribution in [2.75, 3.05) is 26.2 Å². The van der Waals surface area contributed by atoms with Gasteiger partial charge in [0.1, 0.15) is 5.69 Å². The zero-order valence-electron chi connectivity index (χ0n) is 11.2. The molecular weight excluding hydrogens is 246 g/mol. The van der Waals surface area contributed by atoms with Crippen molar-refractivity contribution in [1.82, 2.24) is 15.2 Å². The molecule has 1 amide bonds. The molecule has 1 aromatic heterocycles. The zero-order chi connectivity index (χ0) is 14.3. The number of aromatic carboxylic acids is 1. The number of carbonyl (C=O) groups is 2. The van der Waals surface area contributed by atoms with Crippen molar-refractivity contribution >= 4 is 11.9 Å². The van der Waals surface area contributed by atoms with Crippen molar-refractivity contribution in [2.45, 2.75) is 13.8 Å². The number of nitrogens with zero attached hydrogens (tertiary/aromatic N) is 2. The number of hydrogen-bond acceptors (Lipinski definition) is 4. The fourth-order valence-corrected chi connectivity index (χ4v) is 1.71. The lowest BCUT2D eigenvalue weighted by Gasteiger charge is -2.17. The summed E-state index contributed by atoms with van der Waals surface area (Å²) >= 11 is 0. The van der Waals surface area contributed by atoms with Crippen molar-refractivity contribution in [3.63, 3.8) is 0 Å². The molecule has 104 valence electrons. The Morgan fingerprint density at radius 2 is 2.05 bits per heavy atom. The topological polar surface area (TPSA) is 82.5 Å². The van der Waals surface area contributed by atoms with Crippen LogP contribution in [-0.4, -0.2) is 53.0 Å². The molecule has 0 radical (unpaired) electrons. The number of likely N-dealkylation sites (N-methyl/N-ethyl adjacent to an activating group) is 1. The number of pyridine rings is 1. The maximum Gasteiger partial charge on any atom is 0.338 e. The highest BCUT2D eigenvalue weighted by Gasteiger charge is 2.17. The molecule has 0 saturated heterocycles. The number of carboxylic acids is 1. The molecular formula is C13H19N3O3. The first-order chi connectivity index (χ1) is 9.10. The molecule has 6 nitrogen and oxygen atoms in total. The summed E-state index contributed by atoms with van der Waals surface area (Å²) in [5.41, 5.74) is -0.127. The molecule has 2 N–H and O–H groups in total. The summed E-state index contributed by atoms with van der Waals surface area (Å²) in [6.07, 6.45) is 1.41. The molecule has 0 fully saturated rings. The Hall–Kier alpha value is -1.95. The average molecular weight is 265 g/mol. The molecule has 19 heavy (non-hydrogen) atoms. The number of carbonyl (C=O) groups excluding carboxylic acids is 1. The fourth-order valence-electron chi connectivity index (χ4n) is 1.71.